The maximum atomic E-state index is 13.8. The van der Waals surface area contributed by atoms with Gasteiger partial charge in [-0.05, 0) is 43.7 Å². The lowest BCUT2D eigenvalue weighted by Crippen LogP contribution is -2.17. The molecule has 2 aromatic carbocycles. The van der Waals surface area contributed by atoms with E-state index in [0.717, 1.165) is 12.1 Å². The van der Waals surface area contributed by atoms with Crippen LogP contribution in [0.1, 0.15) is 27.4 Å². The number of rotatable bonds is 7. The number of nitrogens with zero attached hydrogens (tertiary/aromatic N) is 1. The number of hydrogen-bond donors (Lipinski definition) is 1. The largest absolute Gasteiger partial charge is 0.486 e. The lowest BCUT2D eigenvalue weighted by molar-refractivity contribution is -0.0493. The zero-order valence-corrected chi connectivity index (χ0v) is 15.8. The minimum absolute atomic E-state index is 0.0115. The number of amides is 1. The summed E-state index contributed by atoms with van der Waals surface area (Å²) in [6, 6.07) is 7.08. The van der Waals surface area contributed by atoms with Crippen molar-refractivity contribution in [3.8, 4) is 11.5 Å². The number of aryl methyl sites for hydroxylation is 2. The van der Waals surface area contributed by atoms with E-state index in [1.54, 1.807) is 13.0 Å². The molecule has 0 aliphatic heterocycles. The molecule has 158 valence electrons. The van der Waals surface area contributed by atoms with Gasteiger partial charge in [-0.15, -0.1) is 0 Å². The molecule has 0 bridgehead atoms. The van der Waals surface area contributed by atoms with Gasteiger partial charge < -0.3 is 19.3 Å². The molecule has 1 amide bonds. The molecule has 0 saturated heterocycles. The molecule has 3 aromatic rings. The minimum Gasteiger partial charge on any atom is -0.486 e. The van der Waals surface area contributed by atoms with Crippen molar-refractivity contribution in [2.24, 2.45) is 0 Å². The molecule has 0 aliphatic rings. The van der Waals surface area contributed by atoms with Gasteiger partial charge in [0.2, 0.25) is 0 Å². The van der Waals surface area contributed by atoms with Crippen LogP contribution < -0.4 is 14.8 Å². The molecule has 0 fully saturated rings. The number of nitrogens with one attached hydrogen (secondary N) is 1. The lowest BCUT2D eigenvalue weighted by atomic mass is 10.1. The Labute approximate surface area is 168 Å². The van der Waals surface area contributed by atoms with Gasteiger partial charge in [-0.1, -0.05) is 11.2 Å². The second kappa shape index (κ2) is 8.85. The molecule has 0 radical (unpaired) electrons. The fourth-order valence-corrected chi connectivity index (χ4v) is 2.60. The molecule has 0 aliphatic carbocycles. The van der Waals surface area contributed by atoms with E-state index in [2.05, 4.69) is 15.2 Å². The summed E-state index contributed by atoms with van der Waals surface area (Å²) in [5.41, 5.74) is 0.732. The van der Waals surface area contributed by atoms with Gasteiger partial charge in [0.1, 0.15) is 23.9 Å². The third-order valence-electron chi connectivity index (χ3n) is 4.07. The summed E-state index contributed by atoms with van der Waals surface area (Å²) in [6.07, 6.45) is 0. The quantitative estimate of drug-likeness (QED) is 0.541. The van der Waals surface area contributed by atoms with Crippen molar-refractivity contribution < 1.29 is 36.4 Å². The summed E-state index contributed by atoms with van der Waals surface area (Å²) in [6.45, 7) is -0.151. The van der Waals surface area contributed by atoms with Crippen molar-refractivity contribution in [2.45, 2.75) is 27.1 Å². The SMILES string of the molecule is Cc1ccc(OC(F)F)c(NC(=O)c2noc(C)c2COc2ccc(F)cc2F)c1. The first-order valence-electron chi connectivity index (χ1n) is 8.64. The minimum atomic E-state index is -3.08. The topological polar surface area (TPSA) is 73.6 Å². The van der Waals surface area contributed by atoms with Crippen LogP contribution in [0.15, 0.2) is 40.9 Å². The molecule has 1 heterocycles. The number of anilines is 1. The van der Waals surface area contributed by atoms with Crippen LogP contribution in [0.3, 0.4) is 0 Å². The summed E-state index contributed by atoms with van der Waals surface area (Å²) in [5.74, 6) is -2.67. The monoisotopic (exact) mass is 424 g/mol. The third-order valence-corrected chi connectivity index (χ3v) is 4.07. The Balaban J connectivity index is 1.80. The number of ether oxygens (including phenoxy) is 2. The maximum Gasteiger partial charge on any atom is 0.387 e. The zero-order chi connectivity index (χ0) is 21.8. The van der Waals surface area contributed by atoms with Crippen LogP contribution in [-0.2, 0) is 6.61 Å². The molecule has 30 heavy (non-hydrogen) atoms. The number of halogens is 4. The number of carbonyl (C=O) groups is 1. The molecule has 0 saturated carbocycles. The normalized spacial score (nSPS) is 10.9. The van der Waals surface area contributed by atoms with Crippen LogP contribution in [0, 0.1) is 25.5 Å². The van der Waals surface area contributed by atoms with Crippen LogP contribution in [0.25, 0.3) is 0 Å². The second-order valence-electron chi connectivity index (χ2n) is 6.26. The van der Waals surface area contributed by atoms with Crippen LogP contribution >= 0.6 is 0 Å². The predicted molar refractivity (Wildman–Crippen MR) is 97.7 cm³/mol. The van der Waals surface area contributed by atoms with Gasteiger partial charge in [-0.3, -0.25) is 4.79 Å². The molecule has 10 heteroatoms. The van der Waals surface area contributed by atoms with Gasteiger partial charge in [0, 0.05) is 6.07 Å². The summed E-state index contributed by atoms with van der Waals surface area (Å²) >= 11 is 0. The summed E-state index contributed by atoms with van der Waals surface area (Å²) in [7, 11) is 0. The van der Waals surface area contributed by atoms with E-state index in [-0.39, 0.29) is 40.8 Å². The Morgan fingerprint density at radius 2 is 1.87 bits per heavy atom. The number of alkyl halides is 2. The highest BCUT2D eigenvalue weighted by Crippen LogP contribution is 2.28. The second-order valence-corrected chi connectivity index (χ2v) is 6.26. The van der Waals surface area contributed by atoms with E-state index in [0.29, 0.717) is 11.6 Å². The smallest absolute Gasteiger partial charge is 0.387 e. The van der Waals surface area contributed by atoms with Gasteiger partial charge in [0.25, 0.3) is 5.91 Å². The summed E-state index contributed by atoms with van der Waals surface area (Å²) < 4.78 is 66.7. The van der Waals surface area contributed by atoms with Crippen molar-refractivity contribution in [3.05, 3.63) is 70.6 Å². The maximum absolute atomic E-state index is 13.8. The first-order valence-corrected chi connectivity index (χ1v) is 8.64. The highest BCUT2D eigenvalue weighted by atomic mass is 19.3. The van der Waals surface area contributed by atoms with Gasteiger partial charge >= 0.3 is 6.61 Å². The van der Waals surface area contributed by atoms with Crippen molar-refractivity contribution >= 4 is 11.6 Å². The Hall–Kier alpha value is -3.56. The highest BCUT2D eigenvalue weighted by Gasteiger charge is 2.22. The molecule has 0 spiro atoms. The van der Waals surface area contributed by atoms with E-state index in [1.165, 1.54) is 19.1 Å². The molecule has 6 nitrogen and oxygen atoms in total. The molecule has 1 N–H and O–H groups in total. The summed E-state index contributed by atoms with van der Waals surface area (Å²) in [5, 5.41) is 6.11. The summed E-state index contributed by atoms with van der Waals surface area (Å²) in [4.78, 5) is 12.7. The first-order chi connectivity index (χ1) is 14.2. The highest BCUT2D eigenvalue weighted by molar-refractivity contribution is 6.04. The fourth-order valence-electron chi connectivity index (χ4n) is 2.60. The molecular weight excluding hydrogens is 408 g/mol. The van der Waals surface area contributed by atoms with Gasteiger partial charge in [0.15, 0.2) is 17.3 Å². The standard InChI is InChI=1S/C20H16F4N2O4/c1-10-3-5-17(29-20(23)24)15(7-10)25-19(27)18-13(11(2)30-26-18)9-28-16-6-4-12(21)8-14(16)22/h3-8,20H,9H2,1-2H3,(H,25,27). The van der Waals surface area contributed by atoms with Gasteiger partial charge in [-0.2, -0.15) is 8.78 Å². The molecule has 0 atom stereocenters. The van der Waals surface area contributed by atoms with E-state index in [1.807, 2.05) is 0 Å². The Morgan fingerprint density at radius 3 is 2.57 bits per heavy atom. The predicted octanol–water partition coefficient (Wildman–Crippen LogP) is 5.00. The number of carbonyl (C=O) groups excluding carboxylic acids is 1. The van der Waals surface area contributed by atoms with Gasteiger partial charge in [-0.25, -0.2) is 8.78 Å². The van der Waals surface area contributed by atoms with Crippen LogP contribution in [0.5, 0.6) is 11.5 Å². The number of hydrogen-bond acceptors (Lipinski definition) is 5. The fraction of sp³-hybridized carbons (Fsp3) is 0.200. The molecular formula is C20H16F4N2O4. The molecule has 3 rings (SSSR count). The third kappa shape index (κ3) is 4.88. The van der Waals surface area contributed by atoms with Crippen LogP contribution in [-0.4, -0.2) is 17.7 Å². The van der Waals surface area contributed by atoms with Crippen molar-refractivity contribution in [1.82, 2.24) is 5.16 Å². The average Bonchev–Trinajstić information content (AvgIpc) is 3.03. The zero-order valence-electron chi connectivity index (χ0n) is 15.8. The average molecular weight is 424 g/mol. The Kier molecular flexibility index (Phi) is 6.24. The van der Waals surface area contributed by atoms with E-state index >= 15 is 0 Å². The first kappa shape index (κ1) is 21.2. The van der Waals surface area contributed by atoms with E-state index in [9.17, 15) is 22.4 Å². The number of benzene rings is 2. The van der Waals surface area contributed by atoms with Crippen LogP contribution in [0.4, 0.5) is 23.2 Å². The Morgan fingerprint density at radius 1 is 1.13 bits per heavy atom. The van der Waals surface area contributed by atoms with Gasteiger partial charge in [0.05, 0.1) is 11.3 Å². The lowest BCUT2D eigenvalue weighted by Gasteiger charge is -2.12. The van der Waals surface area contributed by atoms with Crippen molar-refractivity contribution in [3.63, 3.8) is 0 Å². The Bertz CT molecular complexity index is 1070. The van der Waals surface area contributed by atoms with E-state index < -0.39 is 24.2 Å². The number of aromatic nitrogens is 1. The van der Waals surface area contributed by atoms with Crippen molar-refractivity contribution in [1.29, 1.82) is 0 Å². The van der Waals surface area contributed by atoms with Crippen LogP contribution in [0.2, 0.25) is 0 Å². The van der Waals surface area contributed by atoms with E-state index in [4.69, 9.17) is 9.26 Å². The molecule has 1 aromatic heterocycles. The molecule has 0 unspecified atom stereocenters. The van der Waals surface area contributed by atoms with Crippen molar-refractivity contribution in [2.75, 3.05) is 5.32 Å².